The number of aliphatic hydroxyl groups is 5. The van der Waals surface area contributed by atoms with E-state index in [9.17, 15) is 44.7 Å². The predicted octanol–water partition coefficient (Wildman–Crippen LogP) is 4.69. The number of nitrogens with one attached hydrogen (secondary N) is 1. The number of phosphoric acid groups is 1. The number of hydrogen-bond acceptors (Lipinski definition) is 16. The molecule has 15 atom stereocenters. The fourth-order valence-corrected chi connectivity index (χ4v) is 9.64. The van der Waals surface area contributed by atoms with Crippen LogP contribution in [0.3, 0.4) is 0 Å². The number of rotatable bonds is 26. The van der Waals surface area contributed by atoms with E-state index in [2.05, 4.69) is 10.3 Å². The van der Waals surface area contributed by atoms with E-state index in [1.165, 1.54) is 26.6 Å². The maximum atomic E-state index is 12.6. The Hall–Kier alpha value is -3.42. The van der Waals surface area contributed by atoms with Crippen LogP contribution >= 0.6 is 7.82 Å². The van der Waals surface area contributed by atoms with Gasteiger partial charge in [-0.25, -0.2) is 9.55 Å². The Morgan fingerprint density at radius 1 is 1.09 bits per heavy atom. The number of amides is 1. The first-order chi connectivity index (χ1) is 32.6. The van der Waals surface area contributed by atoms with Crippen LogP contribution in [0, 0.1) is 34.5 Å². The molecule has 0 aromatic carbocycles. The molecule has 0 saturated carbocycles. The SMILES string of the molecule is COC[C@H]([C@@H](O)[C@@H](O)C(=O)NCC[C@@H](C)c1nc(/C=C/C[C@H]2O[C@]3(C[C@H](O)[C@H]2C)O[C@@H]([C@@H](C[C@@H](O)[C@@H](C)[C@@H](O)[C@@H](C)/C=C(C)/C(C)=C\C=C\C(C)=C\C#N)OC)[C@@H](OP(=O)(O)O)C3(C)C)co1)N(C)C. The van der Waals surface area contributed by atoms with E-state index >= 15 is 0 Å². The van der Waals surface area contributed by atoms with Gasteiger partial charge in [0.2, 0.25) is 0 Å². The minimum Gasteiger partial charge on any atom is -0.448 e. The lowest BCUT2D eigenvalue weighted by Gasteiger charge is -2.50. The highest BCUT2D eigenvalue weighted by atomic mass is 31.2. The molecule has 1 aromatic rings. The van der Waals surface area contributed by atoms with Crippen LogP contribution in [0.4, 0.5) is 0 Å². The molecule has 19 nitrogen and oxygen atoms in total. The molecule has 0 unspecified atom stereocenters. The lowest BCUT2D eigenvalue weighted by molar-refractivity contribution is -0.334. The average molecular weight is 1010 g/mol. The lowest BCUT2D eigenvalue weighted by Crippen LogP contribution is -2.58. The molecule has 0 bridgehead atoms. The van der Waals surface area contributed by atoms with Crippen LogP contribution in [0.5, 0.6) is 0 Å². The van der Waals surface area contributed by atoms with Gasteiger partial charge in [0.05, 0.1) is 49.2 Å². The molecule has 8 N–H and O–H groups in total. The van der Waals surface area contributed by atoms with Gasteiger partial charge in [0, 0.05) is 68.8 Å². The normalized spacial score (nSPS) is 27.6. The summed E-state index contributed by atoms with van der Waals surface area (Å²) >= 11 is 0. The van der Waals surface area contributed by atoms with Crippen molar-refractivity contribution in [3.63, 3.8) is 0 Å². The largest absolute Gasteiger partial charge is 0.469 e. The van der Waals surface area contributed by atoms with Gasteiger partial charge in [-0.3, -0.25) is 9.32 Å². The summed E-state index contributed by atoms with van der Waals surface area (Å²) in [6.45, 7) is 16.6. The third-order valence-electron chi connectivity index (χ3n) is 14.0. The van der Waals surface area contributed by atoms with Gasteiger partial charge in [-0.1, -0.05) is 77.5 Å². The van der Waals surface area contributed by atoms with Crippen molar-refractivity contribution in [3.05, 3.63) is 71.0 Å². The maximum absolute atomic E-state index is 12.6. The van der Waals surface area contributed by atoms with E-state index in [1.807, 2.05) is 78.0 Å². The van der Waals surface area contributed by atoms with E-state index < -0.39 is 97.7 Å². The van der Waals surface area contributed by atoms with Crippen molar-refractivity contribution in [2.45, 2.75) is 161 Å². The summed E-state index contributed by atoms with van der Waals surface area (Å²) < 4.78 is 48.2. The summed E-state index contributed by atoms with van der Waals surface area (Å²) in [6, 6.07) is 1.40. The number of aromatic nitrogens is 1. The number of ether oxygens (including phenoxy) is 4. The Bertz CT molecular complexity index is 2080. The standard InChI is InChI=1S/C50H81N4O15P/c1-29(20-22-51)16-14-17-30(2)32(4)24-33(5)42(57)35(7)38(55)25-41(65-13)45-46(69-70(61,62)63)49(8,9)50(68-45)26-39(56)34(6)40(67-50)19-15-18-36-27-66-48(53-36)31(3)21-23-52-47(60)44(59)43(58)37(28-64-12)54(10)11/h14-18,20,24,27,31,33-35,37-46,55-59H,19,21,23,25-26,28H2,1-13H3,(H,52,60)(H2,61,62,63)/b16-14+,18-15+,29-20+,30-17-,32-24+/t31-,33+,34-,35-,37-,38-,39+,40-,41-,42+,43-,44-,45+,46-,50-/m1/s1. The Morgan fingerprint density at radius 2 is 1.76 bits per heavy atom. The van der Waals surface area contributed by atoms with Crippen molar-refractivity contribution < 1.29 is 72.6 Å². The second-order valence-electron chi connectivity index (χ2n) is 19.9. The first-order valence-electron chi connectivity index (χ1n) is 23.8. The van der Waals surface area contributed by atoms with Gasteiger partial charge in [0.1, 0.15) is 30.3 Å². The van der Waals surface area contributed by atoms with Crippen molar-refractivity contribution in [2.24, 2.45) is 23.2 Å². The van der Waals surface area contributed by atoms with Crippen LogP contribution < -0.4 is 5.32 Å². The molecule has 0 radical (unpaired) electrons. The number of methoxy groups -OCH3 is 2. The van der Waals surface area contributed by atoms with Gasteiger partial charge in [-0.15, -0.1) is 0 Å². The summed E-state index contributed by atoms with van der Waals surface area (Å²) in [5, 5.41) is 67.1. The summed E-state index contributed by atoms with van der Waals surface area (Å²) in [4.78, 5) is 39.2. The zero-order chi connectivity index (χ0) is 52.9. The van der Waals surface area contributed by atoms with E-state index in [0.717, 1.165) is 16.7 Å². The highest BCUT2D eigenvalue weighted by molar-refractivity contribution is 7.46. The molecule has 1 amide bonds. The minimum absolute atomic E-state index is 0.0645. The van der Waals surface area contributed by atoms with Crippen molar-refractivity contribution in [1.29, 1.82) is 5.26 Å². The zero-order valence-electron chi connectivity index (χ0n) is 43.1. The molecular formula is C50H81N4O15P. The number of carbonyl (C=O) groups excluding carboxylic acids is 1. The Labute approximate surface area is 414 Å². The van der Waals surface area contributed by atoms with Crippen LogP contribution in [0.2, 0.25) is 0 Å². The number of likely N-dealkylation sites (N-methyl/N-ethyl adjacent to an activating group) is 1. The first kappa shape index (κ1) is 60.9. The van der Waals surface area contributed by atoms with Crippen LogP contribution in [0.1, 0.15) is 105 Å². The minimum atomic E-state index is -5.15. The summed E-state index contributed by atoms with van der Waals surface area (Å²) in [5.41, 5.74) is 1.87. The molecule has 2 saturated heterocycles. The number of oxazole rings is 1. The number of carbonyl (C=O) groups is 1. The molecule has 1 aromatic heterocycles. The predicted molar refractivity (Wildman–Crippen MR) is 262 cm³/mol. The summed E-state index contributed by atoms with van der Waals surface area (Å²) in [7, 11) is 1.12. The molecule has 396 valence electrons. The molecule has 70 heavy (non-hydrogen) atoms. The molecule has 3 heterocycles. The fraction of sp³-hybridized carbons (Fsp3) is 0.700. The van der Waals surface area contributed by atoms with Crippen molar-refractivity contribution in [1.82, 2.24) is 15.2 Å². The first-order valence-corrected chi connectivity index (χ1v) is 25.4. The number of nitriles is 1. The Kier molecular flexibility index (Phi) is 23.5. The highest BCUT2D eigenvalue weighted by Gasteiger charge is 2.68. The molecule has 0 aliphatic carbocycles. The van der Waals surface area contributed by atoms with Crippen LogP contribution in [0.15, 0.2) is 63.9 Å². The van der Waals surface area contributed by atoms with E-state index in [4.69, 9.17) is 33.2 Å². The average Bonchev–Trinajstić information content (AvgIpc) is 3.84. The lowest BCUT2D eigenvalue weighted by atomic mass is 9.72. The zero-order valence-corrected chi connectivity index (χ0v) is 44.0. The van der Waals surface area contributed by atoms with Gasteiger partial charge < -0.3 is 68.9 Å². The third kappa shape index (κ3) is 16.3. The fourth-order valence-electron chi connectivity index (χ4n) is 8.96. The second kappa shape index (κ2) is 27.0. The highest BCUT2D eigenvalue weighted by Crippen LogP contribution is 2.59. The van der Waals surface area contributed by atoms with E-state index in [1.54, 1.807) is 45.8 Å². The molecule has 3 rings (SSSR count). The van der Waals surface area contributed by atoms with Crippen molar-refractivity contribution in [3.8, 4) is 6.07 Å². The van der Waals surface area contributed by atoms with Crippen LogP contribution in [-0.2, 0) is 32.8 Å². The van der Waals surface area contributed by atoms with Crippen LogP contribution in [-0.4, -0.2) is 159 Å². The van der Waals surface area contributed by atoms with Gasteiger partial charge in [-0.05, 0) is 64.9 Å². The second-order valence-corrected chi connectivity index (χ2v) is 21.1. The number of aliphatic hydroxyl groups excluding tert-OH is 5. The number of phosphoric ester groups is 1. The number of allylic oxidation sites excluding steroid dienone is 7. The molecule has 2 aliphatic rings. The molecular weight excluding hydrogens is 928 g/mol. The van der Waals surface area contributed by atoms with Crippen LogP contribution in [0.25, 0.3) is 6.08 Å². The Balaban J connectivity index is 1.74. The van der Waals surface area contributed by atoms with Gasteiger partial charge in [0.25, 0.3) is 5.91 Å². The number of hydrogen-bond donors (Lipinski definition) is 8. The summed E-state index contributed by atoms with van der Waals surface area (Å²) in [6.07, 6.45) is 4.10. The topological polar surface area (TPSA) is 287 Å². The van der Waals surface area contributed by atoms with Gasteiger partial charge in [0.15, 0.2) is 17.8 Å². The molecule has 2 fully saturated rings. The molecule has 20 heteroatoms. The summed E-state index contributed by atoms with van der Waals surface area (Å²) in [5.74, 6) is -3.63. The van der Waals surface area contributed by atoms with Crippen molar-refractivity contribution in [2.75, 3.05) is 41.5 Å². The monoisotopic (exact) mass is 1010 g/mol. The van der Waals surface area contributed by atoms with E-state index in [0.29, 0.717) is 18.0 Å². The Morgan fingerprint density at radius 3 is 2.36 bits per heavy atom. The smallest absolute Gasteiger partial charge is 0.448 e. The van der Waals surface area contributed by atoms with Gasteiger partial charge >= 0.3 is 7.82 Å². The van der Waals surface area contributed by atoms with Crippen molar-refractivity contribution >= 4 is 19.8 Å². The third-order valence-corrected chi connectivity index (χ3v) is 14.5. The maximum Gasteiger partial charge on any atom is 0.469 e. The number of nitrogens with zero attached hydrogens (tertiary/aromatic N) is 3. The van der Waals surface area contributed by atoms with E-state index in [-0.39, 0.29) is 44.2 Å². The molecule has 2 aliphatic heterocycles. The molecule has 1 spiro atoms. The quantitative estimate of drug-likeness (QED) is 0.0355. The van der Waals surface area contributed by atoms with Gasteiger partial charge in [-0.2, -0.15) is 5.26 Å².